The van der Waals surface area contributed by atoms with Gasteiger partial charge < -0.3 is 54.1 Å². The lowest BCUT2D eigenvalue weighted by molar-refractivity contribution is -0.143. The number of carboxylic acid groups (broad SMARTS) is 2. The first-order chi connectivity index (χ1) is 18.9. The summed E-state index contributed by atoms with van der Waals surface area (Å²) >= 11 is 0. The molecule has 224 valence electrons. The van der Waals surface area contributed by atoms with Crippen LogP contribution in [0.4, 0.5) is 0 Å². The normalized spacial score (nSPS) is 13.8. The maximum Gasteiger partial charge on any atom is 0.326 e. The second-order valence-corrected chi connectivity index (χ2v) is 9.07. The van der Waals surface area contributed by atoms with Crippen molar-refractivity contribution in [2.24, 2.45) is 27.9 Å². The van der Waals surface area contributed by atoms with Gasteiger partial charge in [-0.3, -0.25) is 24.2 Å². The van der Waals surface area contributed by atoms with Gasteiger partial charge in [0.1, 0.15) is 18.1 Å². The van der Waals surface area contributed by atoms with Crippen molar-refractivity contribution in [3.63, 3.8) is 0 Å². The van der Waals surface area contributed by atoms with Crippen molar-refractivity contribution in [1.29, 1.82) is 0 Å². The Balaban J connectivity index is 3.03. The van der Waals surface area contributed by atoms with Gasteiger partial charge in [0, 0.05) is 31.3 Å². The van der Waals surface area contributed by atoms with Crippen LogP contribution in [-0.4, -0.2) is 93.1 Å². The molecule has 0 aliphatic rings. The lowest BCUT2D eigenvalue weighted by Gasteiger charge is -2.25. The third-order valence-electron chi connectivity index (χ3n) is 5.76. The minimum Gasteiger partial charge on any atom is -0.481 e. The number of aliphatic carboxylic acids is 2. The Kier molecular flexibility index (Phi) is 15.3. The van der Waals surface area contributed by atoms with Crippen LogP contribution in [0.1, 0.15) is 50.6 Å². The van der Waals surface area contributed by atoms with E-state index in [9.17, 15) is 29.1 Å². The van der Waals surface area contributed by atoms with E-state index in [1.54, 1.807) is 0 Å². The van der Waals surface area contributed by atoms with Crippen molar-refractivity contribution in [3.05, 3.63) is 18.2 Å². The number of nitrogens with one attached hydrogen (secondary N) is 4. The molecule has 17 nitrogen and oxygen atoms in total. The highest BCUT2D eigenvalue weighted by molar-refractivity contribution is 5.94. The summed E-state index contributed by atoms with van der Waals surface area (Å²) < 4.78 is 0. The Morgan fingerprint density at radius 3 is 2.08 bits per heavy atom. The summed E-state index contributed by atoms with van der Waals surface area (Å²) in [5, 5.41) is 26.0. The summed E-state index contributed by atoms with van der Waals surface area (Å²) in [7, 11) is 0. The predicted molar refractivity (Wildman–Crippen MR) is 143 cm³/mol. The van der Waals surface area contributed by atoms with E-state index in [1.807, 2.05) is 0 Å². The first-order valence-electron chi connectivity index (χ1n) is 12.8. The fourth-order valence-corrected chi connectivity index (χ4v) is 3.59. The zero-order valence-corrected chi connectivity index (χ0v) is 22.2. The molecule has 4 atom stereocenters. The second kappa shape index (κ2) is 18.1. The van der Waals surface area contributed by atoms with Crippen LogP contribution in [0.25, 0.3) is 0 Å². The molecule has 0 saturated heterocycles. The van der Waals surface area contributed by atoms with Gasteiger partial charge in [0.15, 0.2) is 5.96 Å². The van der Waals surface area contributed by atoms with Crippen molar-refractivity contribution in [2.45, 2.75) is 75.5 Å². The predicted octanol–water partition coefficient (Wildman–Crippen LogP) is -3.13. The second-order valence-electron chi connectivity index (χ2n) is 9.07. The molecular formula is C23H40N10O7. The van der Waals surface area contributed by atoms with E-state index in [0.717, 1.165) is 0 Å². The molecule has 0 fully saturated rings. The third kappa shape index (κ3) is 13.5. The smallest absolute Gasteiger partial charge is 0.326 e. The van der Waals surface area contributed by atoms with Gasteiger partial charge in [0.25, 0.3) is 0 Å². The number of carboxylic acids is 2. The molecule has 0 aliphatic carbocycles. The van der Waals surface area contributed by atoms with Crippen LogP contribution in [0.5, 0.6) is 0 Å². The third-order valence-corrected chi connectivity index (χ3v) is 5.76. The number of carbonyl (C=O) groups is 5. The number of aliphatic imine (C=N–C) groups is 1. The SMILES string of the molecule is NCCCCC(N)C(=O)NC(CCCN=C(N)N)C(=O)NC(CCC(=O)O)C(=O)NC(Cc1cnc[nH]1)C(=O)O. The minimum absolute atomic E-state index is 0.0642. The van der Waals surface area contributed by atoms with Crippen molar-refractivity contribution >= 4 is 35.6 Å². The largest absolute Gasteiger partial charge is 0.481 e. The number of hydrogen-bond acceptors (Lipinski definition) is 9. The average Bonchev–Trinajstić information content (AvgIpc) is 3.40. The Morgan fingerprint density at radius 2 is 1.52 bits per heavy atom. The van der Waals surface area contributed by atoms with E-state index in [2.05, 4.69) is 30.9 Å². The van der Waals surface area contributed by atoms with Gasteiger partial charge >= 0.3 is 11.9 Å². The number of aromatic nitrogens is 2. The van der Waals surface area contributed by atoms with Gasteiger partial charge in [0.05, 0.1) is 12.4 Å². The maximum absolute atomic E-state index is 13.2. The molecule has 40 heavy (non-hydrogen) atoms. The molecule has 0 aromatic carbocycles. The van der Waals surface area contributed by atoms with Gasteiger partial charge in [-0.25, -0.2) is 9.78 Å². The van der Waals surface area contributed by atoms with Crippen LogP contribution in [0, 0.1) is 0 Å². The Hall–Kier alpha value is -4.25. The maximum atomic E-state index is 13.2. The number of rotatable bonds is 20. The first-order valence-corrected chi connectivity index (χ1v) is 12.8. The van der Waals surface area contributed by atoms with Gasteiger partial charge in [-0.05, 0) is 38.6 Å². The van der Waals surface area contributed by atoms with Crippen LogP contribution >= 0.6 is 0 Å². The molecular weight excluding hydrogens is 528 g/mol. The number of amides is 3. The quantitative estimate of drug-likeness (QED) is 0.0424. The molecule has 0 radical (unpaired) electrons. The summed E-state index contributed by atoms with van der Waals surface area (Å²) in [6, 6.07) is -4.88. The number of guanidine groups is 1. The zero-order chi connectivity index (χ0) is 30.1. The molecule has 14 N–H and O–H groups in total. The average molecular weight is 569 g/mol. The summed E-state index contributed by atoms with van der Waals surface area (Å²) in [6.07, 6.45) is 3.72. The Labute approximate surface area is 230 Å². The van der Waals surface area contributed by atoms with Crippen molar-refractivity contribution < 1.29 is 34.2 Å². The molecule has 3 amide bonds. The number of aromatic amines is 1. The van der Waals surface area contributed by atoms with Gasteiger partial charge in [-0.2, -0.15) is 0 Å². The summed E-state index contributed by atoms with van der Waals surface area (Å²) in [4.78, 5) is 72.1. The van der Waals surface area contributed by atoms with E-state index >= 15 is 0 Å². The minimum atomic E-state index is -1.41. The van der Waals surface area contributed by atoms with Gasteiger partial charge in [-0.15, -0.1) is 0 Å². The van der Waals surface area contributed by atoms with Crippen molar-refractivity contribution in [2.75, 3.05) is 13.1 Å². The Bertz CT molecular complexity index is 998. The Morgan fingerprint density at radius 1 is 0.900 bits per heavy atom. The van der Waals surface area contributed by atoms with Crippen LogP contribution in [-0.2, 0) is 30.4 Å². The van der Waals surface area contributed by atoms with E-state index in [0.29, 0.717) is 31.5 Å². The van der Waals surface area contributed by atoms with Crippen molar-refractivity contribution in [3.8, 4) is 0 Å². The highest BCUT2D eigenvalue weighted by Gasteiger charge is 2.30. The molecule has 17 heteroatoms. The summed E-state index contributed by atoms with van der Waals surface area (Å²) in [6.45, 7) is 0.593. The number of imidazole rings is 1. The molecule has 1 heterocycles. The number of nitrogens with zero attached hydrogens (tertiary/aromatic N) is 2. The molecule has 0 bridgehead atoms. The lowest BCUT2D eigenvalue weighted by atomic mass is 10.0. The zero-order valence-electron chi connectivity index (χ0n) is 22.2. The topological polar surface area (TPSA) is 307 Å². The number of unbranched alkanes of at least 4 members (excludes halogenated alkanes) is 1. The lowest BCUT2D eigenvalue weighted by Crippen LogP contribution is -2.57. The van der Waals surface area contributed by atoms with Gasteiger partial charge in [-0.1, -0.05) is 6.42 Å². The standard InChI is InChI=1S/C23H40N10O7/c24-8-2-1-4-14(25)19(36)31-15(5-3-9-29-23(26)27)20(37)32-16(6-7-18(34)35)21(38)33-17(22(39)40)10-13-11-28-12-30-13/h11-12,14-17H,1-10,24-25H2,(H,28,30)(H,31,36)(H,32,37)(H,33,38)(H,34,35)(H,39,40)(H4,26,27,29). The highest BCUT2D eigenvalue weighted by atomic mass is 16.4. The van der Waals surface area contributed by atoms with E-state index in [1.165, 1.54) is 12.5 Å². The monoisotopic (exact) mass is 568 g/mol. The molecule has 4 unspecified atom stereocenters. The molecule has 0 saturated carbocycles. The first kappa shape index (κ1) is 33.8. The van der Waals surface area contributed by atoms with E-state index < -0.39 is 60.2 Å². The fourth-order valence-electron chi connectivity index (χ4n) is 3.59. The molecule has 1 aromatic heterocycles. The summed E-state index contributed by atoms with van der Waals surface area (Å²) in [5.74, 6) is -5.04. The number of hydrogen-bond donors (Lipinski definition) is 10. The van der Waals surface area contributed by atoms with Crippen LogP contribution in [0.3, 0.4) is 0 Å². The van der Waals surface area contributed by atoms with Crippen LogP contribution < -0.4 is 38.9 Å². The number of H-pyrrole nitrogens is 1. The van der Waals surface area contributed by atoms with Gasteiger partial charge in [0.2, 0.25) is 17.7 Å². The highest BCUT2D eigenvalue weighted by Crippen LogP contribution is 2.07. The van der Waals surface area contributed by atoms with Crippen LogP contribution in [0.2, 0.25) is 0 Å². The number of carbonyl (C=O) groups excluding carboxylic acids is 3. The number of nitrogens with two attached hydrogens (primary N) is 4. The fraction of sp³-hybridized carbons (Fsp3) is 0.609. The molecule has 0 aliphatic heterocycles. The van der Waals surface area contributed by atoms with E-state index in [4.69, 9.17) is 28.0 Å². The molecule has 1 rings (SSSR count). The van der Waals surface area contributed by atoms with Crippen molar-refractivity contribution in [1.82, 2.24) is 25.9 Å². The van der Waals surface area contributed by atoms with Crippen LogP contribution in [0.15, 0.2) is 17.5 Å². The van der Waals surface area contributed by atoms with E-state index in [-0.39, 0.29) is 38.2 Å². The molecule has 0 spiro atoms. The summed E-state index contributed by atoms with van der Waals surface area (Å²) in [5.41, 5.74) is 22.5. The molecule has 1 aromatic rings.